The number of alkyl halides is 2. The van der Waals surface area contributed by atoms with Gasteiger partial charge in [0.05, 0.1) is 18.4 Å². The first-order valence-corrected chi connectivity index (χ1v) is 6.97. The zero-order valence-corrected chi connectivity index (χ0v) is 13.3. The van der Waals surface area contributed by atoms with E-state index in [0.29, 0.717) is 11.3 Å². The van der Waals surface area contributed by atoms with Crippen molar-refractivity contribution in [3.8, 4) is 5.75 Å². The molecule has 0 unspecified atom stereocenters. The summed E-state index contributed by atoms with van der Waals surface area (Å²) < 4.78 is 33.9. The summed E-state index contributed by atoms with van der Waals surface area (Å²) >= 11 is 0. The molecule has 2 N–H and O–H groups in total. The molecule has 8 heteroatoms. The van der Waals surface area contributed by atoms with E-state index in [1.165, 1.54) is 25.3 Å². The Morgan fingerprint density at radius 1 is 1.21 bits per heavy atom. The maximum absolute atomic E-state index is 12.4. The number of carbonyl (C=O) groups is 2. The van der Waals surface area contributed by atoms with Gasteiger partial charge in [-0.1, -0.05) is 12.1 Å². The van der Waals surface area contributed by atoms with Crippen LogP contribution in [0, 0.1) is 13.8 Å². The molecule has 1 heterocycles. The minimum absolute atomic E-state index is 0.0917. The molecule has 0 atom stereocenters. The quantitative estimate of drug-likeness (QED) is 0.820. The van der Waals surface area contributed by atoms with Gasteiger partial charge in [-0.2, -0.15) is 8.78 Å². The second-order valence-corrected chi connectivity index (χ2v) is 4.95. The van der Waals surface area contributed by atoms with Gasteiger partial charge in [-0.05, 0) is 31.5 Å². The van der Waals surface area contributed by atoms with Crippen LogP contribution in [-0.4, -0.2) is 30.6 Å². The first-order chi connectivity index (χ1) is 11.3. The summed E-state index contributed by atoms with van der Waals surface area (Å²) in [4.78, 5) is 27.0. The summed E-state index contributed by atoms with van der Waals surface area (Å²) in [5, 5.41) is 2.49. The van der Waals surface area contributed by atoms with Crippen LogP contribution >= 0.6 is 0 Å². The lowest BCUT2D eigenvalue weighted by Gasteiger charge is -2.11. The Morgan fingerprint density at radius 2 is 1.88 bits per heavy atom. The molecule has 0 spiro atoms. The van der Waals surface area contributed by atoms with Crippen LogP contribution in [0.25, 0.3) is 0 Å². The van der Waals surface area contributed by atoms with Gasteiger partial charge in [-0.25, -0.2) is 4.79 Å². The Balaban J connectivity index is 2.30. The number of aromatic amines is 1. The Labute approximate surface area is 136 Å². The largest absolute Gasteiger partial charge is 0.465 e. The van der Waals surface area contributed by atoms with Crippen LogP contribution in [0.5, 0.6) is 5.75 Å². The molecular formula is C16H16F2N2O4. The lowest BCUT2D eigenvalue weighted by molar-refractivity contribution is -0.0493. The van der Waals surface area contributed by atoms with E-state index >= 15 is 0 Å². The van der Waals surface area contributed by atoms with E-state index in [2.05, 4.69) is 19.8 Å². The van der Waals surface area contributed by atoms with E-state index in [1.807, 2.05) is 0 Å². The molecule has 0 radical (unpaired) electrons. The average molecular weight is 338 g/mol. The third-order valence-corrected chi connectivity index (χ3v) is 3.41. The number of nitrogens with one attached hydrogen (secondary N) is 2. The van der Waals surface area contributed by atoms with Crippen molar-refractivity contribution in [2.45, 2.75) is 20.5 Å². The highest BCUT2D eigenvalue weighted by molar-refractivity contribution is 6.07. The SMILES string of the molecule is COC(=O)c1c(C)[nH]c(C(=O)Nc2ccccc2OC(F)F)c1C. The standard InChI is InChI=1S/C16H16F2N2O4/c1-8-12(15(22)23-3)9(2)19-13(8)14(21)20-10-6-4-5-7-11(10)24-16(17)18/h4-7,16,19H,1-3H3,(H,20,21). The van der Waals surface area contributed by atoms with Gasteiger partial charge >= 0.3 is 12.6 Å². The molecule has 0 aliphatic rings. The number of methoxy groups -OCH3 is 1. The van der Waals surface area contributed by atoms with Crippen molar-refractivity contribution in [3.63, 3.8) is 0 Å². The van der Waals surface area contributed by atoms with Gasteiger partial charge in [0, 0.05) is 5.69 Å². The molecule has 0 saturated heterocycles. The lowest BCUT2D eigenvalue weighted by Crippen LogP contribution is -2.15. The number of amides is 1. The number of aryl methyl sites for hydroxylation is 1. The van der Waals surface area contributed by atoms with E-state index in [9.17, 15) is 18.4 Å². The predicted molar refractivity (Wildman–Crippen MR) is 82.6 cm³/mol. The summed E-state index contributed by atoms with van der Waals surface area (Å²) in [7, 11) is 1.24. The zero-order valence-electron chi connectivity index (χ0n) is 13.3. The van der Waals surface area contributed by atoms with E-state index in [1.54, 1.807) is 19.9 Å². The van der Waals surface area contributed by atoms with Gasteiger partial charge in [-0.3, -0.25) is 4.79 Å². The molecule has 0 saturated carbocycles. The number of anilines is 1. The molecule has 2 aromatic rings. The van der Waals surface area contributed by atoms with Crippen LogP contribution in [-0.2, 0) is 4.74 Å². The third-order valence-electron chi connectivity index (χ3n) is 3.41. The number of aromatic nitrogens is 1. The van der Waals surface area contributed by atoms with Gasteiger partial charge in [0.25, 0.3) is 5.91 Å². The molecule has 0 aliphatic carbocycles. The number of hydrogen-bond donors (Lipinski definition) is 2. The maximum atomic E-state index is 12.4. The van der Waals surface area contributed by atoms with Crippen LogP contribution in [0.1, 0.15) is 32.1 Å². The Hall–Kier alpha value is -2.90. The highest BCUT2D eigenvalue weighted by atomic mass is 19.3. The molecule has 6 nitrogen and oxygen atoms in total. The zero-order chi connectivity index (χ0) is 17.9. The van der Waals surface area contributed by atoms with Crippen molar-refractivity contribution >= 4 is 17.6 Å². The predicted octanol–water partition coefficient (Wildman–Crippen LogP) is 3.27. The number of carbonyl (C=O) groups excluding carboxylic acids is 2. The van der Waals surface area contributed by atoms with E-state index in [-0.39, 0.29) is 22.7 Å². The number of benzene rings is 1. The van der Waals surface area contributed by atoms with Crippen molar-refractivity contribution in [2.75, 3.05) is 12.4 Å². The fourth-order valence-corrected chi connectivity index (χ4v) is 2.34. The van der Waals surface area contributed by atoms with E-state index < -0.39 is 18.5 Å². The Bertz CT molecular complexity index is 771. The van der Waals surface area contributed by atoms with Gasteiger partial charge in [0.1, 0.15) is 11.4 Å². The van der Waals surface area contributed by atoms with Crippen LogP contribution in [0.4, 0.5) is 14.5 Å². The maximum Gasteiger partial charge on any atom is 0.387 e. The number of hydrogen-bond acceptors (Lipinski definition) is 4. The molecule has 128 valence electrons. The molecule has 0 bridgehead atoms. The summed E-state index contributed by atoms with van der Waals surface area (Å²) in [6, 6.07) is 5.82. The van der Waals surface area contributed by atoms with E-state index in [0.717, 1.165) is 0 Å². The van der Waals surface area contributed by atoms with Gasteiger partial charge < -0.3 is 19.8 Å². The number of para-hydroxylation sites is 2. The van der Waals surface area contributed by atoms with Crippen molar-refractivity contribution in [2.24, 2.45) is 0 Å². The van der Waals surface area contributed by atoms with Gasteiger partial charge in [-0.15, -0.1) is 0 Å². The number of H-pyrrole nitrogens is 1. The highest BCUT2D eigenvalue weighted by Gasteiger charge is 2.23. The summed E-state index contributed by atoms with van der Waals surface area (Å²) in [6.07, 6.45) is 0. The molecular weight excluding hydrogens is 322 g/mol. The second-order valence-electron chi connectivity index (χ2n) is 4.95. The smallest absolute Gasteiger partial charge is 0.387 e. The normalized spacial score (nSPS) is 10.6. The van der Waals surface area contributed by atoms with Crippen molar-refractivity contribution in [1.82, 2.24) is 4.98 Å². The highest BCUT2D eigenvalue weighted by Crippen LogP contribution is 2.27. The average Bonchev–Trinajstić information content (AvgIpc) is 2.83. The summed E-state index contributed by atoms with van der Waals surface area (Å²) in [5.74, 6) is -1.31. The van der Waals surface area contributed by atoms with Crippen molar-refractivity contribution in [3.05, 3.63) is 46.8 Å². The van der Waals surface area contributed by atoms with Crippen LogP contribution in [0.15, 0.2) is 24.3 Å². The fraction of sp³-hybridized carbons (Fsp3) is 0.250. The topological polar surface area (TPSA) is 80.4 Å². The van der Waals surface area contributed by atoms with Crippen LogP contribution < -0.4 is 10.1 Å². The van der Waals surface area contributed by atoms with Crippen LogP contribution in [0.3, 0.4) is 0 Å². The van der Waals surface area contributed by atoms with E-state index in [4.69, 9.17) is 0 Å². The number of ether oxygens (including phenoxy) is 2. The minimum Gasteiger partial charge on any atom is -0.465 e. The monoisotopic (exact) mass is 338 g/mol. The number of halogens is 2. The van der Waals surface area contributed by atoms with Gasteiger partial charge in [0.2, 0.25) is 0 Å². The Kier molecular flexibility index (Phi) is 5.18. The Morgan fingerprint density at radius 3 is 2.50 bits per heavy atom. The molecule has 1 aromatic carbocycles. The first-order valence-electron chi connectivity index (χ1n) is 6.97. The number of esters is 1. The third kappa shape index (κ3) is 3.53. The second kappa shape index (κ2) is 7.12. The molecule has 24 heavy (non-hydrogen) atoms. The fourth-order valence-electron chi connectivity index (χ4n) is 2.34. The first kappa shape index (κ1) is 17.5. The molecule has 0 aliphatic heterocycles. The molecule has 1 amide bonds. The summed E-state index contributed by atoms with van der Waals surface area (Å²) in [5.41, 5.74) is 1.37. The molecule has 1 aromatic heterocycles. The molecule has 2 rings (SSSR count). The molecule has 0 fully saturated rings. The minimum atomic E-state index is -3.01. The van der Waals surface area contributed by atoms with Crippen molar-refractivity contribution in [1.29, 1.82) is 0 Å². The summed E-state index contributed by atoms with van der Waals surface area (Å²) in [6.45, 7) is 0.208. The van der Waals surface area contributed by atoms with Crippen molar-refractivity contribution < 1.29 is 27.8 Å². The van der Waals surface area contributed by atoms with Crippen LogP contribution in [0.2, 0.25) is 0 Å². The number of rotatable bonds is 5. The van der Waals surface area contributed by atoms with Gasteiger partial charge in [0.15, 0.2) is 0 Å². The lowest BCUT2D eigenvalue weighted by atomic mass is 10.1.